The first-order valence-electron chi connectivity index (χ1n) is 9.09. The number of primary amides is 1. The Bertz CT molecular complexity index is 904. The summed E-state index contributed by atoms with van der Waals surface area (Å²) in [6.07, 6.45) is 5.61. The van der Waals surface area contributed by atoms with Crippen molar-refractivity contribution in [2.45, 2.75) is 31.8 Å². The van der Waals surface area contributed by atoms with Crippen LogP contribution in [0.15, 0.2) is 47.2 Å². The maximum atomic E-state index is 11.3. The smallest absolute Gasteiger partial charge is 0.241 e. The Balaban J connectivity index is 1.43. The van der Waals surface area contributed by atoms with Gasteiger partial charge < -0.3 is 14.8 Å². The zero-order valence-electron chi connectivity index (χ0n) is 15.0. The van der Waals surface area contributed by atoms with E-state index in [0.717, 1.165) is 37.3 Å². The Morgan fingerprint density at radius 3 is 2.96 bits per heavy atom. The molecule has 140 valence electrons. The molecule has 1 atom stereocenters. The van der Waals surface area contributed by atoms with Gasteiger partial charge in [-0.25, -0.2) is 4.98 Å². The Morgan fingerprint density at radius 1 is 1.30 bits per heavy atom. The van der Waals surface area contributed by atoms with Gasteiger partial charge in [0.15, 0.2) is 0 Å². The van der Waals surface area contributed by atoms with Gasteiger partial charge in [-0.05, 0) is 19.4 Å². The van der Waals surface area contributed by atoms with Crippen LogP contribution in [0.25, 0.3) is 11.4 Å². The standard InChI is InChI=1S/C19H22N6O2/c20-16(26)12-25-10-8-21-19(25)15-7-4-9-24(11-15)13-17-22-18(23-27-17)14-5-2-1-3-6-14/h1-3,5-6,8,10,15H,4,7,9,11-13H2,(H2,20,26)/t15-/m0/s1. The molecule has 2 aromatic heterocycles. The lowest BCUT2D eigenvalue weighted by atomic mass is 9.97. The van der Waals surface area contributed by atoms with E-state index < -0.39 is 0 Å². The summed E-state index contributed by atoms with van der Waals surface area (Å²) in [6, 6.07) is 9.79. The monoisotopic (exact) mass is 366 g/mol. The van der Waals surface area contributed by atoms with Crippen molar-refractivity contribution in [1.29, 1.82) is 0 Å². The fourth-order valence-electron chi connectivity index (χ4n) is 3.61. The summed E-state index contributed by atoms with van der Waals surface area (Å²) in [6.45, 7) is 2.57. The molecule has 0 aliphatic carbocycles. The molecule has 0 spiro atoms. The molecular formula is C19H22N6O2. The van der Waals surface area contributed by atoms with Gasteiger partial charge in [0, 0.05) is 30.4 Å². The molecule has 1 saturated heterocycles. The molecule has 0 bridgehead atoms. The molecule has 1 aliphatic heterocycles. The van der Waals surface area contributed by atoms with Crippen LogP contribution in [0.5, 0.6) is 0 Å². The summed E-state index contributed by atoms with van der Waals surface area (Å²) in [5.74, 6) is 2.02. The number of likely N-dealkylation sites (tertiary alicyclic amines) is 1. The molecule has 3 aromatic rings. The second-order valence-electron chi connectivity index (χ2n) is 6.83. The summed E-state index contributed by atoms with van der Waals surface area (Å²) >= 11 is 0. The van der Waals surface area contributed by atoms with E-state index in [1.54, 1.807) is 6.20 Å². The van der Waals surface area contributed by atoms with Crippen LogP contribution in [0.3, 0.4) is 0 Å². The van der Waals surface area contributed by atoms with Crippen molar-refractivity contribution in [3.05, 3.63) is 54.4 Å². The maximum Gasteiger partial charge on any atom is 0.241 e. The van der Waals surface area contributed by atoms with Crippen LogP contribution in [0.4, 0.5) is 0 Å². The molecule has 27 heavy (non-hydrogen) atoms. The molecular weight excluding hydrogens is 344 g/mol. The molecule has 8 nitrogen and oxygen atoms in total. The summed E-state index contributed by atoms with van der Waals surface area (Å²) in [5, 5.41) is 4.09. The van der Waals surface area contributed by atoms with Crippen LogP contribution < -0.4 is 5.73 Å². The van der Waals surface area contributed by atoms with Gasteiger partial charge in [-0.1, -0.05) is 35.5 Å². The lowest BCUT2D eigenvalue weighted by Gasteiger charge is -2.31. The van der Waals surface area contributed by atoms with E-state index in [0.29, 0.717) is 18.3 Å². The predicted octanol–water partition coefficient (Wildman–Crippen LogP) is 1.80. The number of hydrogen-bond acceptors (Lipinski definition) is 6. The van der Waals surface area contributed by atoms with E-state index in [9.17, 15) is 4.79 Å². The number of carbonyl (C=O) groups is 1. The van der Waals surface area contributed by atoms with Gasteiger partial charge in [0.1, 0.15) is 12.4 Å². The number of benzene rings is 1. The number of imidazole rings is 1. The number of rotatable bonds is 6. The highest BCUT2D eigenvalue weighted by atomic mass is 16.5. The van der Waals surface area contributed by atoms with Crippen LogP contribution in [0, 0.1) is 0 Å². The highest BCUT2D eigenvalue weighted by molar-refractivity contribution is 5.73. The summed E-state index contributed by atoms with van der Waals surface area (Å²) < 4.78 is 7.28. The molecule has 0 saturated carbocycles. The average Bonchev–Trinajstić information content (AvgIpc) is 3.32. The number of piperidine rings is 1. The predicted molar refractivity (Wildman–Crippen MR) is 98.4 cm³/mol. The minimum atomic E-state index is -0.360. The van der Waals surface area contributed by atoms with Crippen molar-refractivity contribution in [1.82, 2.24) is 24.6 Å². The largest absolute Gasteiger partial charge is 0.368 e. The highest BCUT2D eigenvalue weighted by Crippen LogP contribution is 2.27. The molecule has 4 rings (SSSR count). The van der Waals surface area contributed by atoms with E-state index >= 15 is 0 Å². The minimum Gasteiger partial charge on any atom is -0.368 e. The molecule has 1 aliphatic rings. The van der Waals surface area contributed by atoms with Gasteiger partial charge in [0.05, 0.1) is 6.54 Å². The fourth-order valence-corrected chi connectivity index (χ4v) is 3.61. The van der Waals surface area contributed by atoms with Crippen molar-refractivity contribution in [3.63, 3.8) is 0 Å². The third-order valence-corrected chi connectivity index (χ3v) is 4.80. The molecule has 3 heterocycles. The molecule has 1 fully saturated rings. The van der Waals surface area contributed by atoms with Crippen molar-refractivity contribution in [2.24, 2.45) is 5.73 Å². The quantitative estimate of drug-likeness (QED) is 0.713. The van der Waals surface area contributed by atoms with Crippen LogP contribution in [0.1, 0.15) is 30.5 Å². The number of nitrogens with two attached hydrogens (primary N) is 1. The first kappa shape index (κ1) is 17.4. The third kappa shape index (κ3) is 4.06. The molecule has 2 N–H and O–H groups in total. The van der Waals surface area contributed by atoms with Crippen LogP contribution in [-0.2, 0) is 17.9 Å². The normalized spacial score (nSPS) is 17.9. The maximum absolute atomic E-state index is 11.3. The van der Waals surface area contributed by atoms with Crippen molar-refractivity contribution >= 4 is 5.91 Å². The van der Waals surface area contributed by atoms with Gasteiger partial charge >= 0.3 is 0 Å². The number of nitrogens with zero attached hydrogens (tertiary/aromatic N) is 5. The van der Waals surface area contributed by atoms with E-state index in [4.69, 9.17) is 10.3 Å². The fraction of sp³-hybridized carbons (Fsp3) is 0.368. The van der Waals surface area contributed by atoms with Crippen LogP contribution in [-0.4, -0.2) is 43.6 Å². The molecule has 1 aromatic carbocycles. The zero-order chi connectivity index (χ0) is 18.6. The summed E-state index contributed by atoms with van der Waals surface area (Å²) in [4.78, 5) is 22.5. The highest BCUT2D eigenvalue weighted by Gasteiger charge is 2.26. The van der Waals surface area contributed by atoms with Crippen LogP contribution in [0.2, 0.25) is 0 Å². The Labute approximate surface area is 157 Å². The van der Waals surface area contributed by atoms with Crippen molar-refractivity contribution < 1.29 is 9.32 Å². The van der Waals surface area contributed by atoms with Crippen LogP contribution >= 0.6 is 0 Å². The molecule has 1 amide bonds. The van der Waals surface area contributed by atoms with E-state index in [2.05, 4.69) is 20.0 Å². The lowest BCUT2D eigenvalue weighted by molar-refractivity contribution is -0.118. The van der Waals surface area contributed by atoms with Crippen molar-refractivity contribution in [3.8, 4) is 11.4 Å². The Morgan fingerprint density at radius 2 is 2.15 bits per heavy atom. The zero-order valence-corrected chi connectivity index (χ0v) is 15.0. The second kappa shape index (κ2) is 7.71. The Kier molecular flexibility index (Phi) is 4.97. The van der Waals surface area contributed by atoms with E-state index in [1.807, 2.05) is 41.1 Å². The molecule has 8 heteroatoms. The first-order chi connectivity index (χ1) is 13.2. The number of aromatic nitrogens is 4. The first-order valence-corrected chi connectivity index (χ1v) is 9.09. The lowest BCUT2D eigenvalue weighted by Crippen LogP contribution is -2.35. The van der Waals surface area contributed by atoms with Gasteiger partial charge in [-0.15, -0.1) is 0 Å². The SMILES string of the molecule is NC(=O)Cn1ccnc1[C@H]1CCCN(Cc2nc(-c3ccccc3)no2)C1. The minimum absolute atomic E-state index is 0.163. The van der Waals surface area contributed by atoms with Gasteiger partial charge in [0.2, 0.25) is 17.6 Å². The third-order valence-electron chi connectivity index (χ3n) is 4.80. The topological polar surface area (TPSA) is 103 Å². The van der Waals surface area contributed by atoms with E-state index in [-0.39, 0.29) is 18.4 Å². The van der Waals surface area contributed by atoms with E-state index in [1.165, 1.54) is 0 Å². The van der Waals surface area contributed by atoms with Gasteiger partial charge in [-0.2, -0.15) is 4.98 Å². The van der Waals surface area contributed by atoms with Gasteiger partial charge in [0.25, 0.3) is 0 Å². The summed E-state index contributed by atoms with van der Waals surface area (Å²) in [7, 11) is 0. The second-order valence-corrected chi connectivity index (χ2v) is 6.83. The Hall–Kier alpha value is -3.00. The van der Waals surface area contributed by atoms with Crippen molar-refractivity contribution in [2.75, 3.05) is 13.1 Å². The number of hydrogen-bond donors (Lipinski definition) is 1. The molecule has 0 radical (unpaired) electrons. The number of carbonyl (C=O) groups excluding carboxylic acids is 1. The van der Waals surface area contributed by atoms with Gasteiger partial charge in [-0.3, -0.25) is 9.69 Å². The average molecular weight is 366 g/mol. The summed E-state index contributed by atoms with van der Waals surface area (Å²) in [5.41, 5.74) is 6.28. The molecule has 0 unspecified atom stereocenters. The number of amides is 1.